The number of methoxy groups -OCH3 is 3. The van der Waals surface area contributed by atoms with E-state index in [2.05, 4.69) is 4.90 Å². The number of likely N-dealkylation sites (tertiary alicyclic amines) is 1. The van der Waals surface area contributed by atoms with Crippen LogP contribution in [0.25, 0.3) is 0 Å². The minimum Gasteiger partial charge on any atom is -0.504 e. The maximum Gasteiger partial charge on any atom is 0.264 e. The van der Waals surface area contributed by atoms with E-state index in [4.69, 9.17) is 14.2 Å². The second-order valence-corrected chi connectivity index (χ2v) is 10.6. The van der Waals surface area contributed by atoms with Crippen molar-refractivity contribution in [2.45, 2.75) is 30.3 Å². The highest BCUT2D eigenvalue weighted by Crippen LogP contribution is 2.37. The average Bonchev–Trinajstić information content (AvgIpc) is 2.91. The smallest absolute Gasteiger partial charge is 0.264 e. The van der Waals surface area contributed by atoms with Crippen molar-refractivity contribution in [1.82, 2.24) is 4.90 Å². The Morgan fingerprint density at radius 1 is 0.892 bits per heavy atom. The highest BCUT2D eigenvalue weighted by atomic mass is 32.2. The van der Waals surface area contributed by atoms with Crippen LogP contribution in [0.5, 0.6) is 23.0 Å². The molecule has 3 aromatic carbocycles. The second-order valence-electron chi connectivity index (χ2n) is 8.81. The van der Waals surface area contributed by atoms with E-state index in [1.165, 1.54) is 37.8 Å². The monoisotopic (exact) mass is 530 g/mol. The Morgan fingerprint density at radius 2 is 1.54 bits per heavy atom. The number of nitrogens with zero attached hydrogens (tertiary/aromatic N) is 2. The molecule has 0 atom stereocenters. The first-order chi connectivity index (χ1) is 17.8. The lowest BCUT2D eigenvalue weighted by molar-refractivity contribution is 0.206. The molecule has 0 spiro atoms. The zero-order chi connectivity index (χ0) is 26.6. The van der Waals surface area contributed by atoms with E-state index in [0.29, 0.717) is 55.4 Å². The number of sulfonamides is 1. The second kappa shape index (κ2) is 11.3. The number of hydrogen-bond acceptors (Lipinski definition) is 7. The van der Waals surface area contributed by atoms with Gasteiger partial charge in [-0.05, 0) is 66.9 Å². The number of aromatic hydroxyl groups is 1. The van der Waals surface area contributed by atoms with Gasteiger partial charge in [0.05, 0.1) is 31.9 Å². The fourth-order valence-electron chi connectivity index (χ4n) is 4.62. The molecule has 0 amide bonds. The van der Waals surface area contributed by atoms with E-state index in [-0.39, 0.29) is 16.7 Å². The molecule has 1 N–H and O–H groups in total. The summed E-state index contributed by atoms with van der Waals surface area (Å²) in [6.07, 6.45) is 1.17. The molecule has 1 fully saturated rings. The molecule has 1 heterocycles. The summed E-state index contributed by atoms with van der Waals surface area (Å²) in [5, 5.41) is 9.86. The molecular formula is C27H31FN2O6S. The van der Waals surface area contributed by atoms with Crippen LogP contribution < -0.4 is 18.5 Å². The third kappa shape index (κ3) is 5.75. The predicted octanol–water partition coefficient (Wildman–Crippen LogP) is 4.42. The van der Waals surface area contributed by atoms with Crippen LogP contribution in [0.2, 0.25) is 0 Å². The number of ether oxygens (including phenoxy) is 3. The van der Waals surface area contributed by atoms with E-state index in [1.807, 2.05) is 6.07 Å². The molecule has 198 valence electrons. The molecule has 8 nitrogen and oxygen atoms in total. The first-order valence-corrected chi connectivity index (χ1v) is 13.3. The largest absolute Gasteiger partial charge is 0.504 e. The molecule has 37 heavy (non-hydrogen) atoms. The minimum atomic E-state index is -4.00. The number of hydrogen-bond donors (Lipinski definition) is 1. The highest BCUT2D eigenvalue weighted by Gasteiger charge is 2.34. The van der Waals surface area contributed by atoms with Crippen LogP contribution in [0, 0.1) is 5.82 Å². The summed E-state index contributed by atoms with van der Waals surface area (Å²) in [4.78, 5) is 2.25. The van der Waals surface area contributed by atoms with Crippen molar-refractivity contribution in [1.29, 1.82) is 0 Å². The third-order valence-corrected chi connectivity index (χ3v) is 8.43. The van der Waals surface area contributed by atoms with Gasteiger partial charge >= 0.3 is 0 Å². The summed E-state index contributed by atoms with van der Waals surface area (Å²) in [5.41, 5.74) is 1.44. The van der Waals surface area contributed by atoms with E-state index < -0.39 is 15.8 Å². The summed E-state index contributed by atoms with van der Waals surface area (Å²) >= 11 is 0. The number of phenols is 1. The molecule has 0 bridgehead atoms. The van der Waals surface area contributed by atoms with Crippen molar-refractivity contribution in [2.75, 3.05) is 38.7 Å². The van der Waals surface area contributed by atoms with E-state index in [9.17, 15) is 17.9 Å². The highest BCUT2D eigenvalue weighted by molar-refractivity contribution is 7.92. The van der Waals surface area contributed by atoms with Crippen molar-refractivity contribution in [3.05, 3.63) is 72.0 Å². The van der Waals surface area contributed by atoms with Gasteiger partial charge in [-0.2, -0.15) is 0 Å². The molecule has 4 rings (SSSR count). The topological polar surface area (TPSA) is 88.5 Å². The van der Waals surface area contributed by atoms with Crippen LogP contribution in [0.3, 0.4) is 0 Å². The first kappa shape index (κ1) is 26.6. The third-order valence-electron chi connectivity index (χ3n) is 6.53. The molecule has 0 radical (unpaired) electrons. The van der Waals surface area contributed by atoms with Gasteiger partial charge < -0.3 is 19.3 Å². The van der Waals surface area contributed by atoms with E-state index in [0.717, 1.165) is 17.7 Å². The van der Waals surface area contributed by atoms with Crippen molar-refractivity contribution < 1.29 is 32.1 Å². The fraction of sp³-hybridized carbons (Fsp3) is 0.333. The Balaban J connectivity index is 1.61. The minimum absolute atomic E-state index is 0.0160. The summed E-state index contributed by atoms with van der Waals surface area (Å²) in [6, 6.07) is 14.8. The molecule has 0 unspecified atom stereocenters. The Hall–Kier alpha value is -3.50. The van der Waals surface area contributed by atoms with Crippen molar-refractivity contribution in [3.8, 4) is 23.0 Å². The SMILES string of the molecule is COc1cc(CN2CCC(N(c3ccc(OC)c(OC)c3)S(=O)(=O)c3ccc(F)cc3)CC2)ccc1O. The Kier molecular flexibility index (Phi) is 8.09. The predicted molar refractivity (Wildman–Crippen MR) is 139 cm³/mol. The Bertz CT molecular complexity index is 1330. The van der Waals surface area contributed by atoms with Gasteiger partial charge in [0.1, 0.15) is 5.82 Å². The van der Waals surface area contributed by atoms with Gasteiger partial charge in [-0.15, -0.1) is 0 Å². The van der Waals surface area contributed by atoms with Crippen molar-refractivity contribution in [2.24, 2.45) is 0 Å². The summed E-state index contributed by atoms with van der Waals surface area (Å²) in [7, 11) is 0.526. The molecule has 0 aliphatic carbocycles. The first-order valence-electron chi connectivity index (χ1n) is 11.9. The summed E-state index contributed by atoms with van der Waals surface area (Å²) in [5.74, 6) is 0.900. The maximum absolute atomic E-state index is 13.9. The number of rotatable bonds is 9. The Labute approximate surface area is 216 Å². The molecular weight excluding hydrogens is 499 g/mol. The number of benzene rings is 3. The summed E-state index contributed by atoms with van der Waals surface area (Å²) < 4.78 is 58.7. The Morgan fingerprint density at radius 3 is 2.16 bits per heavy atom. The van der Waals surface area contributed by atoms with Crippen LogP contribution in [0.15, 0.2) is 65.6 Å². The van der Waals surface area contributed by atoms with Gasteiger partial charge in [0.15, 0.2) is 23.0 Å². The maximum atomic E-state index is 13.9. The van der Waals surface area contributed by atoms with Gasteiger partial charge in [-0.1, -0.05) is 6.07 Å². The van der Waals surface area contributed by atoms with Gasteiger partial charge in [0.25, 0.3) is 10.0 Å². The molecule has 0 saturated carbocycles. The van der Waals surface area contributed by atoms with Crippen LogP contribution in [-0.4, -0.2) is 58.9 Å². The standard InChI is InChI=1S/C27H31FN2O6S/c1-34-25-11-7-22(17-27(25)36-3)30(37(32,33)23-8-5-20(28)6-9-23)21-12-14-29(15-13-21)18-19-4-10-24(31)26(16-19)35-2/h4-11,16-17,21,31H,12-15,18H2,1-3H3. The van der Waals surface area contributed by atoms with Gasteiger partial charge in [-0.3, -0.25) is 9.21 Å². The van der Waals surface area contributed by atoms with Crippen LogP contribution in [0.1, 0.15) is 18.4 Å². The molecule has 1 saturated heterocycles. The molecule has 10 heteroatoms. The van der Waals surface area contributed by atoms with E-state index >= 15 is 0 Å². The molecule has 1 aliphatic rings. The lowest BCUT2D eigenvalue weighted by Gasteiger charge is -2.39. The van der Waals surface area contributed by atoms with Gasteiger partial charge in [-0.25, -0.2) is 12.8 Å². The molecule has 1 aliphatic heterocycles. The van der Waals surface area contributed by atoms with Crippen LogP contribution in [0.4, 0.5) is 10.1 Å². The zero-order valence-electron chi connectivity index (χ0n) is 21.1. The summed E-state index contributed by atoms with van der Waals surface area (Å²) in [6.45, 7) is 1.97. The molecule has 3 aromatic rings. The van der Waals surface area contributed by atoms with Gasteiger partial charge in [0.2, 0.25) is 0 Å². The normalized spacial score (nSPS) is 14.8. The van der Waals surface area contributed by atoms with E-state index in [1.54, 1.807) is 30.3 Å². The molecule has 0 aromatic heterocycles. The quantitative estimate of drug-likeness (QED) is 0.438. The van der Waals surface area contributed by atoms with Crippen LogP contribution in [-0.2, 0) is 16.6 Å². The number of halogens is 1. The van der Waals surface area contributed by atoms with Gasteiger partial charge in [0, 0.05) is 31.7 Å². The lowest BCUT2D eigenvalue weighted by atomic mass is 10.0. The number of piperidine rings is 1. The van der Waals surface area contributed by atoms with Crippen molar-refractivity contribution in [3.63, 3.8) is 0 Å². The van der Waals surface area contributed by atoms with Crippen LogP contribution >= 0.6 is 0 Å². The van der Waals surface area contributed by atoms with Crippen molar-refractivity contribution >= 4 is 15.7 Å². The lowest BCUT2D eigenvalue weighted by Crippen LogP contribution is -2.47. The zero-order valence-corrected chi connectivity index (χ0v) is 21.9. The number of anilines is 1. The number of phenolic OH excluding ortho intramolecular Hbond substituents is 1. The fourth-order valence-corrected chi connectivity index (χ4v) is 6.32. The average molecular weight is 531 g/mol.